The summed E-state index contributed by atoms with van der Waals surface area (Å²) in [6, 6.07) is 42.6. The van der Waals surface area contributed by atoms with Gasteiger partial charge in [0.25, 0.3) is 0 Å². The summed E-state index contributed by atoms with van der Waals surface area (Å²) in [7, 11) is 0. The Bertz CT molecular complexity index is 2710. The predicted octanol–water partition coefficient (Wildman–Crippen LogP) is 10.2. The van der Waals surface area contributed by atoms with Crippen LogP contribution in [0.1, 0.15) is 37.7 Å². The van der Waals surface area contributed by atoms with Crippen molar-refractivity contribution in [2.45, 2.75) is 40.0 Å². The third-order valence-corrected chi connectivity index (χ3v) is 9.36. The number of para-hydroxylation sites is 2. The molecule has 0 radical (unpaired) electrons. The first-order chi connectivity index (χ1) is 24.2. The number of aromatic nitrogens is 6. The third kappa shape index (κ3) is 5.53. The van der Waals surface area contributed by atoms with Gasteiger partial charge in [0, 0.05) is 51.9 Å². The van der Waals surface area contributed by atoms with Gasteiger partial charge in [-0.15, -0.1) is 41.3 Å². The molecule has 250 valence electrons. The minimum absolute atomic E-state index is 0. The molecule has 51 heavy (non-hydrogen) atoms. The Morgan fingerprint density at radius 1 is 0.647 bits per heavy atom. The molecule has 0 saturated heterocycles. The second kappa shape index (κ2) is 12.4. The number of ether oxygens (including phenoxy) is 1. The predicted molar refractivity (Wildman–Crippen MR) is 200 cm³/mol. The monoisotopic (exact) mass is 845 g/mol. The van der Waals surface area contributed by atoms with E-state index >= 15 is 0 Å². The fraction of sp³-hybridized carbons (Fsp3) is 0.140. The summed E-state index contributed by atoms with van der Waals surface area (Å²) in [5.41, 5.74) is 8.74. The average Bonchev–Trinajstić information content (AvgIpc) is 3.75. The topological polar surface area (TPSA) is 62.7 Å². The molecule has 0 unspecified atom stereocenters. The number of benzene rings is 4. The molecule has 0 N–H and O–H groups in total. The maximum Gasteiger partial charge on any atom is 4.00 e. The van der Waals surface area contributed by atoms with Crippen LogP contribution in [0.2, 0.25) is 0 Å². The van der Waals surface area contributed by atoms with Crippen LogP contribution >= 0.6 is 0 Å². The number of pyridine rings is 2. The van der Waals surface area contributed by atoms with Crippen molar-refractivity contribution < 1.29 is 25.8 Å². The van der Waals surface area contributed by atoms with Crippen LogP contribution in [-0.2, 0) is 26.5 Å². The Hall–Kier alpha value is -5.52. The summed E-state index contributed by atoms with van der Waals surface area (Å²) in [5, 5.41) is 9.18. The number of rotatable bonds is 5. The van der Waals surface area contributed by atoms with E-state index in [9.17, 15) is 0 Å². The van der Waals surface area contributed by atoms with Gasteiger partial charge in [0.05, 0.1) is 16.9 Å². The molecule has 0 aliphatic carbocycles. The van der Waals surface area contributed by atoms with E-state index in [2.05, 4.69) is 134 Å². The first kappa shape index (κ1) is 32.7. The molecular formula is C43H34N6OPt+2. The molecule has 0 saturated carbocycles. The molecule has 4 aromatic carbocycles. The summed E-state index contributed by atoms with van der Waals surface area (Å²) in [6.45, 7) is 10.7. The minimum Gasteiger partial charge on any atom is -0.509 e. The van der Waals surface area contributed by atoms with E-state index in [-0.39, 0.29) is 26.5 Å². The van der Waals surface area contributed by atoms with Gasteiger partial charge in [-0.3, -0.25) is 9.25 Å². The summed E-state index contributed by atoms with van der Waals surface area (Å²) in [4.78, 5) is 9.71. The molecule has 9 rings (SSSR count). The van der Waals surface area contributed by atoms with E-state index in [1.165, 1.54) is 0 Å². The number of aryl methyl sites for hydroxylation is 2. The molecule has 0 atom stereocenters. The second-order valence-electron chi connectivity index (χ2n) is 13.8. The van der Waals surface area contributed by atoms with Gasteiger partial charge in [-0.2, -0.15) is 11.2 Å². The van der Waals surface area contributed by atoms with Crippen LogP contribution in [0, 0.1) is 26.0 Å². The molecule has 0 spiro atoms. The molecule has 7 nitrogen and oxygen atoms in total. The Morgan fingerprint density at radius 3 is 2.12 bits per heavy atom. The molecule has 5 heterocycles. The average molecular weight is 846 g/mol. The van der Waals surface area contributed by atoms with E-state index < -0.39 is 0 Å². The van der Waals surface area contributed by atoms with E-state index in [0.717, 1.165) is 77.9 Å². The van der Waals surface area contributed by atoms with Crippen LogP contribution in [0.5, 0.6) is 11.5 Å². The van der Waals surface area contributed by atoms with Gasteiger partial charge in [0.2, 0.25) is 0 Å². The van der Waals surface area contributed by atoms with E-state index in [1.54, 1.807) is 0 Å². The van der Waals surface area contributed by atoms with Crippen molar-refractivity contribution in [3.05, 3.63) is 145 Å². The maximum absolute atomic E-state index is 6.60. The SMILES string of the molecule is Cc1cc(C)n(-c2[c-]c(Oc3[c-]c4c(cc3)c3ccccc3n4-c3cc(-n4c5ccccc5c5cccnc54)ccn3)cc(C(C)(C)C)c2)n1.[Pt+4]. The third-order valence-electron chi connectivity index (χ3n) is 9.36. The normalized spacial score (nSPS) is 11.9. The first-order valence-corrected chi connectivity index (χ1v) is 16.8. The fourth-order valence-electron chi connectivity index (χ4n) is 7.02. The van der Waals surface area contributed by atoms with Crippen molar-refractivity contribution in [3.8, 4) is 28.7 Å². The van der Waals surface area contributed by atoms with Crippen LogP contribution < -0.4 is 4.74 Å². The maximum atomic E-state index is 6.60. The Balaban J connectivity index is 0.00000374. The zero-order chi connectivity index (χ0) is 34.1. The second-order valence-corrected chi connectivity index (χ2v) is 13.8. The number of nitrogens with zero attached hydrogens (tertiary/aromatic N) is 6. The smallest absolute Gasteiger partial charge is 0.509 e. The van der Waals surface area contributed by atoms with Crippen molar-refractivity contribution >= 4 is 43.7 Å². The van der Waals surface area contributed by atoms with Crippen molar-refractivity contribution in [3.63, 3.8) is 0 Å². The number of hydrogen-bond acceptors (Lipinski definition) is 4. The van der Waals surface area contributed by atoms with Gasteiger partial charge in [-0.05, 0) is 66.7 Å². The van der Waals surface area contributed by atoms with Crippen LogP contribution in [0.3, 0.4) is 0 Å². The number of hydrogen-bond donors (Lipinski definition) is 0. The molecule has 0 aliphatic heterocycles. The molecular weight excluding hydrogens is 812 g/mol. The van der Waals surface area contributed by atoms with Gasteiger partial charge < -0.3 is 9.30 Å². The molecule has 0 bridgehead atoms. The quantitative estimate of drug-likeness (QED) is 0.162. The summed E-state index contributed by atoms with van der Waals surface area (Å²) < 4.78 is 12.9. The van der Waals surface area contributed by atoms with Crippen molar-refractivity contribution in [1.82, 2.24) is 28.9 Å². The zero-order valence-electron chi connectivity index (χ0n) is 28.9. The Kier molecular flexibility index (Phi) is 7.92. The van der Waals surface area contributed by atoms with Crippen molar-refractivity contribution in [1.29, 1.82) is 0 Å². The van der Waals surface area contributed by atoms with Gasteiger partial charge in [0.1, 0.15) is 11.5 Å². The summed E-state index contributed by atoms with van der Waals surface area (Å²) in [6.07, 6.45) is 3.71. The van der Waals surface area contributed by atoms with E-state index in [4.69, 9.17) is 19.8 Å². The van der Waals surface area contributed by atoms with Crippen LogP contribution in [0.4, 0.5) is 0 Å². The summed E-state index contributed by atoms with van der Waals surface area (Å²) in [5.74, 6) is 1.97. The Labute approximate surface area is 310 Å². The first-order valence-electron chi connectivity index (χ1n) is 16.8. The molecule has 9 aromatic rings. The van der Waals surface area contributed by atoms with Crippen molar-refractivity contribution in [2.24, 2.45) is 0 Å². The molecule has 0 fully saturated rings. The summed E-state index contributed by atoms with van der Waals surface area (Å²) >= 11 is 0. The molecule has 0 amide bonds. The standard InChI is InChI=1S/C43H34N6O.Pt/c1-27-21-28(2)49(46-27)31-22-29(43(3,4)5)23-33(24-31)50-32-16-17-36-34-11-6-9-15-39(34)48(40(36)26-32)41-25-30(18-20-44-41)47-38-14-8-7-12-35(38)37-13-10-19-45-42(37)47;/h6-23,25H,1-5H3;/q-2;+4. The van der Waals surface area contributed by atoms with Gasteiger partial charge >= 0.3 is 21.1 Å². The van der Waals surface area contributed by atoms with Gasteiger partial charge in [-0.25, -0.2) is 9.97 Å². The molecule has 8 heteroatoms. The van der Waals surface area contributed by atoms with E-state index in [1.807, 2.05) is 42.2 Å². The largest absolute Gasteiger partial charge is 4.00 e. The van der Waals surface area contributed by atoms with Crippen LogP contribution in [0.15, 0.2) is 116 Å². The van der Waals surface area contributed by atoms with Crippen molar-refractivity contribution in [2.75, 3.05) is 0 Å². The van der Waals surface area contributed by atoms with Gasteiger partial charge in [0.15, 0.2) is 0 Å². The fourth-order valence-corrected chi connectivity index (χ4v) is 7.02. The van der Waals surface area contributed by atoms with E-state index in [0.29, 0.717) is 11.5 Å². The van der Waals surface area contributed by atoms with Crippen LogP contribution in [-0.4, -0.2) is 28.9 Å². The minimum atomic E-state index is -0.110. The molecule has 0 aliphatic rings. The zero-order valence-corrected chi connectivity index (χ0v) is 31.1. The van der Waals surface area contributed by atoms with Crippen LogP contribution in [0.25, 0.3) is 60.9 Å². The number of fused-ring (bicyclic) bond motifs is 6. The Morgan fingerprint density at radius 2 is 1.37 bits per heavy atom. The van der Waals surface area contributed by atoms with Gasteiger partial charge in [-0.1, -0.05) is 62.7 Å². The molecule has 5 aromatic heterocycles.